The van der Waals surface area contributed by atoms with Crippen LogP contribution in [0.1, 0.15) is 30.2 Å². The summed E-state index contributed by atoms with van der Waals surface area (Å²) < 4.78 is 96.3. The molecule has 0 atom stereocenters. The predicted octanol–water partition coefficient (Wildman–Crippen LogP) is 2.31. The molecular weight excluding hydrogens is 334 g/mol. The van der Waals surface area contributed by atoms with Crippen LogP contribution in [0.4, 0.5) is 20.2 Å². The lowest BCUT2D eigenvalue weighted by Crippen LogP contribution is -2.36. The predicted molar refractivity (Wildman–Crippen MR) is 86.5 cm³/mol. The van der Waals surface area contributed by atoms with Gasteiger partial charge in [0.15, 0.2) is 11.6 Å². The third-order valence-corrected chi connectivity index (χ3v) is 3.69. The van der Waals surface area contributed by atoms with Crippen LogP contribution in [-0.4, -0.2) is 43.1 Å². The maximum atomic E-state index is 14.8. The number of nitrogens with one attached hydrogen (secondary N) is 1. The average molecular weight is 360 g/mol. The highest BCUT2D eigenvalue weighted by Gasteiger charge is 2.27. The molecular formula is C17H18F2N2O4. The van der Waals surface area contributed by atoms with Crippen molar-refractivity contribution in [2.24, 2.45) is 0 Å². The van der Waals surface area contributed by atoms with Gasteiger partial charge in [0.05, 0.1) is 24.1 Å². The molecule has 6 nitrogen and oxygen atoms in total. The van der Waals surface area contributed by atoms with E-state index in [2.05, 4.69) is 4.74 Å². The summed E-state index contributed by atoms with van der Waals surface area (Å²) in [5.41, 5.74) is -2.27. The van der Waals surface area contributed by atoms with Crippen molar-refractivity contribution < 1.29 is 39.2 Å². The van der Waals surface area contributed by atoms with E-state index >= 15 is 0 Å². The minimum Gasteiger partial charge on any atom is -0.478 e. The van der Waals surface area contributed by atoms with E-state index < -0.39 is 61.0 Å². The number of aliphatic carboxylic acids is 1. The van der Waals surface area contributed by atoms with E-state index in [1.165, 1.54) is 0 Å². The molecule has 1 aliphatic carbocycles. The molecule has 134 valence electrons. The first kappa shape index (κ1) is 9.86. The van der Waals surface area contributed by atoms with Crippen molar-refractivity contribution in [3.63, 3.8) is 0 Å². The second kappa shape index (κ2) is 7.18. The lowest BCUT2D eigenvalue weighted by molar-refractivity contribution is -0.133. The highest BCUT2D eigenvalue weighted by atomic mass is 19.1. The Morgan fingerprint density at radius 3 is 2.36 bits per heavy atom. The van der Waals surface area contributed by atoms with Crippen molar-refractivity contribution >= 4 is 23.3 Å². The number of hydrogen-bond donors (Lipinski definition) is 2. The van der Waals surface area contributed by atoms with Gasteiger partial charge in [0.2, 0.25) is 0 Å². The number of carbonyl (C=O) groups excluding carboxylic acids is 1. The molecule has 0 spiro atoms. The number of anilines is 2. The van der Waals surface area contributed by atoms with Crippen LogP contribution >= 0.6 is 0 Å². The quantitative estimate of drug-likeness (QED) is 0.861. The maximum absolute atomic E-state index is 14.8. The first-order valence-electron chi connectivity index (χ1n) is 11.2. The first-order valence-corrected chi connectivity index (χ1v) is 7.20. The summed E-state index contributed by atoms with van der Waals surface area (Å²) in [5.74, 6) is -5.41. The molecule has 0 saturated carbocycles. The monoisotopic (exact) mass is 360 g/mol. The zero-order chi connectivity index (χ0) is 25.1. The van der Waals surface area contributed by atoms with Crippen molar-refractivity contribution in [3.8, 4) is 0 Å². The summed E-state index contributed by atoms with van der Waals surface area (Å²) >= 11 is 0. The van der Waals surface area contributed by atoms with E-state index in [1.807, 2.05) is 5.32 Å². The van der Waals surface area contributed by atoms with Crippen molar-refractivity contribution in [1.29, 1.82) is 0 Å². The molecule has 25 heavy (non-hydrogen) atoms. The molecule has 8 heteroatoms. The number of carboxylic acids is 1. The number of carbonyl (C=O) groups is 2. The lowest BCUT2D eigenvalue weighted by Gasteiger charge is -2.29. The third kappa shape index (κ3) is 3.63. The van der Waals surface area contributed by atoms with Gasteiger partial charge in [0, 0.05) is 29.8 Å². The number of benzene rings is 1. The highest BCUT2D eigenvalue weighted by Crippen LogP contribution is 2.30. The van der Waals surface area contributed by atoms with Crippen LogP contribution < -0.4 is 10.2 Å². The molecule has 1 aromatic carbocycles. The van der Waals surface area contributed by atoms with Gasteiger partial charge in [-0.3, -0.25) is 4.79 Å². The Morgan fingerprint density at radius 1 is 1.16 bits per heavy atom. The van der Waals surface area contributed by atoms with Crippen LogP contribution in [0.3, 0.4) is 0 Å². The van der Waals surface area contributed by atoms with Crippen molar-refractivity contribution in [3.05, 3.63) is 34.9 Å². The highest BCUT2D eigenvalue weighted by molar-refractivity contribution is 6.09. The van der Waals surface area contributed by atoms with E-state index in [0.29, 0.717) is 18.6 Å². The minimum atomic E-state index is -3.43. The van der Waals surface area contributed by atoms with Gasteiger partial charge in [-0.25, -0.2) is 13.6 Å². The molecule has 1 saturated heterocycles. The van der Waals surface area contributed by atoms with Gasteiger partial charge < -0.3 is 20.1 Å². The Hall–Kier alpha value is -2.48. The maximum Gasteiger partial charge on any atom is 0.332 e. The fourth-order valence-corrected chi connectivity index (χ4v) is 2.55. The number of rotatable bonds is 4. The topological polar surface area (TPSA) is 78.9 Å². The minimum absolute atomic E-state index is 0.0765. The fraction of sp³-hybridized carbons (Fsp3) is 0.412. The molecule has 0 aromatic heterocycles. The van der Waals surface area contributed by atoms with Gasteiger partial charge in [0.25, 0.3) is 5.91 Å². The molecule has 1 heterocycles. The van der Waals surface area contributed by atoms with E-state index in [1.54, 1.807) is 0 Å². The van der Waals surface area contributed by atoms with Gasteiger partial charge in [-0.05, 0) is 31.4 Å². The summed E-state index contributed by atoms with van der Waals surface area (Å²) in [4.78, 5) is 23.5. The summed E-state index contributed by atoms with van der Waals surface area (Å²) in [6.45, 7) is -13.7. The first-order chi connectivity index (χ1) is 14.9. The molecule has 1 aliphatic heterocycles. The normalized spacial score (nSPS) is 30.6. The standard InChI is InChI=1S/C17H18F2N2O4/c18-13-8-10(21-4-6-25-7-5-21)9-14(19)15(13)20-16(22)11-2-1-3-12(11)17(23)24/h8-9H,1-7H2,(H,20,22)(H,23,24)/i4D2,5D2,6D2,7D2. The number of hydrogen-bond acceptors (Lipinski definition) is 4. The van der Waals surface area contributed by atoms with Crippen LogP contribution in [0.2, 0.25) is 0 Å². The Bertz CT molecular complexity index is 1010. The number of ether oxygens (including phenoxy) is 1. The summed E-state index contributed by atoms with van der Waals surface area (Å²) in [6, 6.07) is 0.792. The Balaban J connectivity index is 2.04. The Morgan fingerprint density at radius 2 is 1.76 bits per heavy atom. The van der Waals surface area contributed by atoms with Crippen LogP contribution in [0, 0.1) is 11.6 Å². The Labute approximate surface area is 154 Å². The second-order valence-corrected chi connectivity index (χ2v) is 5.22. The van der Waals surface area contributed by atoms with E-state index in [0.717, 1.165) is 0 Å². The summed E-state index contributed by atoms with van der Waals surface area (Å²) in [6.07, 6.45) is 0.541. The zero-order valence-electron chi connectivity index (χ0n) is 20.7. The smallest absolute Gasteiger partial charge is 0.332 e. The molecule has 1 amide bonds. The van der Waals surface area contributed by atoms with E-state index in [4.69, 9.17) is 16.1 Å². The number of amides is 1. The molecule has 0 unspecified atom stereocenters. The number of halogens is 2. The zero-order valence-corrected chi connectivity index (χ0v) is 12.7. The summed E-state index contributed by atoms with van der Waals surface area (Å²) in [5, 5.41) is 11.1. The van der Waals surface area contributed by atoms with Crippen LogP contribution in [0.25, 0.3) is 0 Å². The average Bonchev–Trinajstić information content (AvgIpc) is 3.12. The van der Waals surface area contributed by atoms with Crippen molar-refractivity contribution in [2.45, 2.75) is 19.3 Å². The van der Waals surface area contributed by atoms with E-state index in [-0.39, 0.29) is 28.9 Å². The second-order valence-electron chi connectivity index (χ2n) is 5.22. The van der Waals surface area contributed by atoms with Crippen molar-refractivity contribution in [1.82, 2.24) is 0 Å². The van der Waals surface area contributed by atoms with Crippen LogP contribution in [-0.2, 0) is 14.3 Å². The Kier molecular flexibility index (Phi) is 2.83. The molecule has 2 aliphatic rings. The number of nitrogens with zero attached hydrogens (tertiary/aromatic N) is 1. The van der Waals surface area contributed by atoms with E-state index in [9.17, 15) is 18.4 Å². The molecule has 1 aromatic rings. The summed E-state index contributed by atoms with van der Waals surface area (Å²) in [7, 11) is 0. The number of morpholine rings is 1. The van der Waals surface area contributed by atoms with Gasteiger partial charge >= 0.3 is 5.97 Å². The van der Waals surface area contributed by atoms with Crippen molar-refractivity contribution in [2.75, 3.05) is 36.3 Å². The number of carboxylic acid groups (broad SMARTS) is 1. The largest absolute Gasteiger partial charge is 0.478 e. The SMILES string of the molecule is [2H]C1([2H])OC([2H])([2H])C([2H])([2H])N(c2cc(F)c(NC(=O)C3=C(C(=O)O)CCC3)c(F)c2)C1([2H])[2H]. The van der Waals surface area contributed by atoms with Crippen LogP contribution in [0.5, 0.6) is 0 Å². The van der Waals surface area contributed by atoms with Crippen LogP contribution in [0.15, 0.2) is 23.3 Å². The lowest BCUT2D eigenvalue weighted by atomic mass is 10.1. The molecule has 3 rings (SSSR count). The van der Waals surface area contributed by atoms with Gasteiger partial charge in [-0.2, -0.15) is 0 Å². The molecule has 2 N–H and O–H groups in total. The molecule has 0 bridgehead atoms. The molecule has 1 fully saturated rings. The molecule has 0 radical (unpaired) electrons. The van der Waals surface area contributed by atoms with Gasteiger partial charge in [-0.15, -0.1) is 0 Å². The third-order valence-electron chi connectivity index (χ3n) is 3.69. The van der Waals surface area contributed by atoms with Gasteiger partial charge in [-0.1, -0.05) is 0 Å². The van der Waals surface area contributed by atoms with Gasteiger partial charge in [0.1, 0.15) is 5.69 Å². The fourth-order valence-electron chi connectivity index (χ4n) is 2.55.